The molecule has 11 atom stereocenters. The fraction of sp³-hybridized carbons (Fsp3) is 0.784. The summed E-state index contributed by atoms with van der Waals surface area (Å²) in [5, 5.41) is 72.0. The number of ether oxygens (including phenoxy) is 6. The molecule has 14 nitrogen and oxygen atoms in total. The number of hydrogen-bond acceptors (Lipinski definition) is 14. The van der Waals surface area contributed by atoms with Crippen molar-refractivity contribution in [3.8, 4) is 0 Å². The van der Waals surface area contributed by atoms with E-state index in [4.69, 9.17) is 28.4 Å². The zero-order valence-corrected chi connectivity index (χ0v) is 39.7. The lowest BCUT2D eigenvalue weighted by Gasteiger charge is -2.42. The van der Waals surface area contributed by atoms with Crippen LogP contribution >= 0.6 is 0 Å². The highest BCUT2D eigenvalue weighted by Gasteiger charge is 2.47. The van der Waals surface area contributed by atoms with E-state index in [1.807, 2.05) is 0 Å². The van der Waals surface area contributed by atoms with Crippen molar-refractivity contribution >= 4 is 5.97 Å². The van der Waals surface area contributed by atoms with Crippen LogP contribution in [0.4, 0.5) is 0 Å². The standard InChI is InChI=1S/C51H88O14/c1-3-5-7-9-11-13-15-17-18-19-20-21-22-23-24-26-28-30-32-34-43(53)63-40(37-60-35-33-31-29-27-25-16-14-12-10-8-6-4-2)38-61-50-49(59)47(57)45(55)42(65-50)39-62-51-48(58)46(56)44(54)41(36-52)64-51/h5,7,10-13,17-18,20-21,40-42,44-52,54-59H,3-4,6,8-9,14-16,19,22-39H2,1-2H3/b7-5-,12-10-,13-11-,18-17-,21-20-. The molecular weight excluding hydrogens is 837 g/mol. The number of esters is 1. The number of allylic oxidation sites excluding steroid dienone is 10. The van der Waals surface area contributed by atoms with Crippen LogP contribution in [0.3, 0.4) is 0 Å². The Morgan fingerprint density at radius 1 is 0.523 bits per heavy atom. The minimum atomic E-state index is -1.71. The summed E-state index contributed by atoms with van der Waals surface area (Å²) in [5.74, 6) is -0.395. The second-order valence-corrected chi connectivity index (χ2v) is 17.3. The molecule has 14 heteroatoms. The number of unbranched alkanes of at least 4 members (excludes halogenated alkanes) is 14. The second-order valence-electron chi connectivity index (χ2n) is 17.3. The van der Waals surface area contributed by atoms with Gasteiger partial charge in [-0.3, -0.25) is 4.79 Å². The van der Waals surface area contributed by atoms with Crippen molar-refractivity contribution in [3.05, 3.63) is 60.8 Å². The predicted octanol–water partition coefficient (Wildman–Crippen LogP) is 6.96. The molecule has 2 heterocycles. The first kappa shape index (κ1) is 58.8. The number of aliphatic hydroxyl groups is 7. The monoisotopic (exact) mass is 925 g/mol. The number of carbonyl (C=O) groups excluding carboxylic acids is 1. The van der Waals surface area contributed by atoms with Crippen LogP contribution < -0.4 is 0 Å². The van der Waals surface area contributed by atoms with E-state index in [-0.39, 0.29) is 19.6 Å². The van der Waals surface area contributed by atoms with E-state index in [0.717, 1.165) is 96.3 Å². The molecule has 0 saturated carbocycles. The molecular formula is C51H88O14. The number of aliphatic hydroxyl groups excluding tert-OH is 7. The van der Waals surface area contributed by atoms with Crippen LogP contribution in [0.1, 0.15) is 155 Å². The van der Waals surface area contributed by atoms with E-state index in [1.54, 1.807) is 0 Å². The van der Waals surface area contributed by atoms with Crippen molar-refractivity contribution in [2.24, 2.45) is 0 Å². The van der Waals surface area contributed by atoms with Gasteiger partial charge in [-0.25, -0.2) is 0 Å². The summed E-state index contributed by atoms with van der Waals surface area (Å²) >= 11 is 0. The molecule has 0 amide bonds. The highest BCUT2D eigenvalue weighted by molar-refractivity contribution is 5.69. The number of carbonyl (C=O) groups is 1. The van der Waals surface area contributed by atoms with E-state index >= 15 is 0 Å². The summed E-state index contributed by atoms with van der Waals surface area (Å²) in [7, 11) is 0. The molecule has 2 saturated heterocycles. The largest absolute Gasteiger partial charge is 0.457 e. The van der Waals surface area contributed by atoms with Gasteiger partial charge in [0.2, 0.25) is 0 Å². The third kappa shape index (κ3) is 26.7. The summed E-state index contributed by atoms with van der Waals surface area (Å²) in [5.41, 5.74) is 0. The van der Waals surface area contributed by atoms with E-state index in [2.05, 4.69) is 74.6 Å². The van der Waals surface area contributed by atoms with Gasteiger partial charge in [-0.2, -0.15) is 0 Å². The Kier molecular flexibility index (Phi) is 35.0. The van der Waals surface area contributed by atoms with E-state index in [0.29, 0.717) is 13.0 Å². The summed E-state index contributed by atoms with van der Waals surface area (Å²) < 4.78 is 34.2. The topological polar surface area (TPSA) is 214 Å². The third-order valence-electron chi connectivity index (χ3n) is 11.5. The lowest BCUT2D eigenvalue weighted by Crippen LogP contribution is -2.61. The Balaban J connectivity index is 1.78. The minimum Gasteiger partial charge on any atom is -0.457 e. The van der Waals surface area contributed by atoms with Gasteiger partial charge in [-0.15, -0.1) is 0 Å². The first-order valence-corrected chi connectivity index (χ1v) is 24.9. The first-order chi connectivity index (χ1) is 31.6. The van der Waals surface area contributed by atoms with Gasteiger partial charge in [0.05, 0.1) is 26.4 Å². The fourth-order valence-electron chi connectivity index (χ4n) is 7.43. The molecule has 0 aromatic rings. The molecule has 0 spiro atoms. The zero-order chi connectivity index (χ0) is 47.3. The molecule has 2 fully saturated rings. The van der Waals surface area contributed by atoms with Gasteiger partial charge in [0, 0.05) is 13.0 Å². The highest BCUT2D eigenvalue weighted by atomic mass is 16.7. The Hall–Kier alpha value is -2.31. The number of rotatable bonds is 38. The normalized spacial score (nSPS) is 27.0. The average molecular weight is 925 g/mol. The van der Waals surface area contributed by atoms with Crippen molar-refractivity contribution in [2.45, 2.75) is 223 Å². The third-order valence-corrected chi connectivity index (χ3v) is 11.5. The molecule has 0 radical (unpaired) electrons. The van der Waals surface area contributed by atoms with Crippen LogP contribution in [0.2, 0.25) is 0 Å². The van der Waals surface area contributed by atoms with Crippen LogP contribution in [0, 0.1) is 0 Å². The molecule has 11 unspecified atom stereocenters. The lowest BCUT2D eigenvalue weighted by molar-refractivity contribution is -0.332. The van der Waals surface area contributed by atoms with Crippen LogP contribution in [0.15, 0.2) is 60.8 Å². The molecule has 0 aliphatic carbocycles. The molecule has 65 heavy (non-hydrogen) atoms. The maximum absolute atomic E-state index is 13.0. The van der Waals surface area contributed by atoms with Gasteiger partial charge >= 0.3 is 5.97 Å². The van der Waals surface area contributed by atoms with E-state index < -0.39 is 86.7 Å². The second kappa shape index (κ2) is 38.6. The molecule has 7 N–H and O–H groups in total. The quantitative estimate of drug-likeness (QED) is 0.0190. The van der Waals surface area contributed by atoms with Gasteiger partial charge in [-0.05, 0) is 70.6 Å². The molecule has 0 aromatic carbocycles. The van der Waals surface area contributed by atoms with E-state index in [9.17, 15) is 40.5 Å². The maximum atomic E-state index is 13.0. The van der Waals surface area contributed by atoms with Crippen LogP contribution in [-0.2, 0) is 33.2 Å². The molecule has 2 rings (SSSR count). The van der Waals surface area contributed by atoms with Gasteiger partial charge in [0.1, 0.15) is 54.9 Å². The predicted molar refractivity (Wildman–Crippen MR) is 252 cm³/mol. The number of hydrogen-bond donors (Lipinski definition) is 7. The summed E-state index contributed by atoms with van der Waals surface area (Å²) in [6, 6.07) is 0. The SMILES string of the molecule is CC/C=C\C/C=C\C/C=C\C/C=C\CCCCCCCCC(=O)OC(COCCCCCCCC/C=C\CCCC)COC1OC(COC2OC(CO)C(O)C(O)C2O)C(O)C(O)C1O. The highest BCUT2D eigenvalue weighted by Crippen LogP contribution is 2.26. The Bertz CT molecular complexity index is 1300. The van der Waals surface area contributed by atoms with Crippen LogP contribution in [0.25, 0.3) is 0 Å². The van der Waals surface area contributed by atoms with Crippen molar-refractivity contribution in [2.75, 3.05) is 33.0 Å². The molecule has 0 bridgehead atoms. The van der Waals surface area contributed by atoms with E-state index in [1.165, 1.54) is 32.1 Å². The Labute approximate surface area is 390 Å². The first-order valence-electron chi connectivity index (χ1n) is 24.9. The Morgan fingerprint density at radius 3 is 1.58 bits per heavy atom. The minimum absolute atomic E-state index is 0.0486. The zero-order valence-electron chi connectivity index (χ0n) is 39.7. The van der Waals surface area contributed by atoms with Gasteiger partial charge in [0.25, 0.3) is 0 Å². The smallest absolute Gasteiger partial charge is 0.306 e. The van der Waals surface area contributed by atoms with Crippen LogP contribution in [-0.4, -0.2) is 142 Å². The average Bonchev–Trinajstić information content (AvgIpc) is 3.30. The van der Waals surface area contributed by atoms with Crippen molar-refractivity contribution in [1.29, 1.82) is 0 Å². The Morgan fingerprint density at radius 2 is 1.00 bits per heavy atom. The van der Waals surface area contributed by atoms with Crippen molar-refractivity contribution in [3.63, 3.8) is 0 Å². The van der Waals surface area contributed by atoms with Gasteiger partial charge < -0.3 is 64.2 Å². The lowest BCUT2D eigenvalue weighted by atomic mass is 9.98. The van der Waals surface area contributed by atoms with Crippen molar-refractivity contribution < 1.29 is 69.0 Å². The summed E-state index contributed by atoms with van der Waals surface area (Å²) in [6.07, 6.45) is 28.5. The van der Waals surface area contributed by atoms with Crippen LogP contribution in [0.5, 0.6) is 0 Å². The molecule has 0 aromatic heterocycles. The maximum Gasteiger partial charge on any atom is 0.306 e. The molecule has 2 aliphatic heterocycles. The van der Waals surface area contributed by atoms with Gasteiger partial charge in [0.15, 0.2) is 12.6 Å². The fourth-order valence-corrected chi connectivity index (χ4v) is 7.43. The summed E-state index contributed by atoms with van der Waals surface area (Å²) in [6.45, 7) is 3.49. The molecule has 376 valence electrons. The summed E-state index contributed by atoms with van der Waals surface area (Å²) in [4.78, 5) is 13.0. The van der Waals surface area contributed by atoms with Gasteiger partial charge in [-0.1, -0.05) is 139 Å². The van der Waals surface area contributed by atoms with Crippen molar-refractivity contribution in [1.82, 2.24) is 0 Å². The molecule has 2 aliphatic rings.